The molecule has 0 fully saturated rings. The van der Waals surface area contributed by atoms with E-state index >= 15 is 0 Å². The molecule has 114 valence electrons. The average Bonchev–Trinajstić information content (AvgIpc) is 2.86. The van der Waals surface area contributed by atoms with E-state index < -0.39 is 0 Å². The smallest absolute Gasteiger partial charge is 0.118 e. The van der Waals surface area contributed by atoms with Crippen LogP contribution >= 0.6 is 11.6 Å². The number of halogens is 1. The molecule has 0 amide bonds. The summed E-state index contributed by atoms with van der Waals surface area (Å²) >= 11 is 6.19. The number of nitrogens with zero attached hydrogens (tertiary/aromatic N) is 1. The van der Waals surface area contributed by atoms with E-state index in [1.807, 2.05) is 30.3 Å². The Bertz CT molecular complexity index is 565. The van der Waals surface area contributed by atoms with Crippen molar-refractivity contribution >= 4 is 11.6 Å². The lowest BCUT2D eigenvalue weighted by Crippen LogP contribution is -2.21. The summed E-state index contributed by atoms with van der Waals surface area (Å²) < 4.78 is 5.84. The van der Waals surface area contributed by atoms with Crippen LogP contribution in [0.4, 0.5) is 0 Å². The van der Waals surface area contributed by atoms with Crippen LogP contribution in [0.1, 0.15) is 30.9 Å². The Morgan fingerprint density at radius 2 is 1.81 bits per heavy atom. The van der Waals surface area contributed by atoms with Crippen LogP contribution in [0.3, 0.4) is 0 Å². The van der Waals surface area contributed by atoms with E-state index in [1.165, 1.54) is 0 Å². The summed E-state index contributed by atoms with van der Waals surface area (Å²) in [5, 5.41) is 4.16. The number of rotatable bonds is 7. The summed E-state index contributed by atoms with van der Waals surface area (Å²) in [7, 11) is 2.07. The fourth-order valence-corrected chi connectivity index (χ4v) is 2.34. The summed E-state index contributed by atoms with van der Waals surface area (Å²) in [4.78, 5) is 2.19. The first-order chi connectivity index (χ1) is 10.0. The van der Waals surface area contributed by atoms with Gasteiger partial charge in [0.2, 0.25) is 0 Å². The number of furan rings is 1. The van der Waals surface area contributed by atoms with Crippen molar-refractivity contribution in [2.45, 2.75) is 39.5 Å². The molecule has 1 aromatic carbocycles. The molecule has 1 aromatic heterocycles. The molecular formula is C17H23ClN2O. The third-order valence-electron chi connectivity index (χ3n) is 3.23. The number of benzene rings is 1. The standard InChI is InChI=1S/C17H23ClN2O/c1-13(2)19-10-15-8-9-16(21-15)12-20(3)11-14-6-4-5-7-17(14)18/h4-9,13,19H,10-12H2,1-3H3. The van der Waals surface area contributed by atoms with Crippen LogP contribution in [-0.2, 0) is 19.6 Å². The number of hydrogen-bond donors (Lipinski definition) is 1. The fraction of sp³-hybridized carbons (Fsp3) is 0.412. The maximum absolute atomic E-state index is 6.19. The molecule has 0 aliphatic heterocycles. The second kappa shape index (κ2) is 7.64. The first-order valence-corrected chi connectivity index (χ1v) is 7.65. The summed E-state index contributed by atoms with van der Waals surface area (Å²) in [6.45, 7) is 6.60. The zero-order valence-electron chi connectivity index (χ0n) is 12.9. The predicted octanol–water partition coefficient (Wildman–Crippen LogP) is 4.06. The SMILES string of the molecule is CC(C)NCc1ccc(CN(C)Cc2ccccc2Cl)o1. The van der Waals surface area contributed by atoms with Crippen LogP contribution in [0.2, 0.25) is 5.02 Å². The zero-order valence-corrected chi connectivity index (χ0v) is 13.7. The van der Waals surface area contributed by atoms with Gasteiger partial charge in [-0.25, -0.2) is 0 Å². The molecule has 0 saturated carbocycles. The highest BCUT2D eigenvalue weighted by Gasteiger charge is 2.08. The van der Waals surface area contributed by atoms with E-state index in [9.17, 15) is 0 Å². The Labute approximate surface area is 131 Å². The van der Waals surface area contributed by atoms with Gasteiger partial charge in [0.1, 0.15) is 11.5 Å². The summed E-state index contributed by atoms with van der Waals surface area (Å²) in [5.41, 5.74) is 1.13. The van der Waals surface area contributed by atoms with Crippen molar-refractivity contribution in [3.63, 3.8) is 0 Å². The Morgan fingerprint density at radius 3 is 2.52 bits per heavy atom. The van der Waals surface area contributed by atoms with Crippen LogP contribution in [0.5, 0.6) is 0 Å². The van der Waals surface area contributed by atoms with Gasteiger partial charge in [0.15, 0.2) is 0 Å². The van der Waals surface area contributed by atoms with E-state index in [2.05, 4.69) is 37.2 Å². The molecule has 0 aliphatic rings. The average molecular weight is 307 g/mol. The first-order valence-electron chi connectivity index (χ1n) is 7.27. The van der Waals surface area contributed by atoms with Crippen molar-refractivity contribution in [2.24, 2.45) is 0 Å². The Morgan fingerprint density at radius 1 is 1.10 bits per heavy atom. The molecule has 0 saturated heterocycles. The molecule has 0 spiro atoms. The highest BCUT2D eigenvalue weighted by molar-refractivity contribution is 6.31. The van der Waals surface area contributed by atoms with Gasteiger partial charge in [-0.1, -0.05) is 43.6 Å². The maximum Gasteiger partial charge on any atom is 0.118 e. The lowest BCUT2D eigenvalue weighted by atomic mass is 10.2. The second-order valence-electron chi connectivity index (χ2n) is 5.67. The van der Waals surface area contributed by atoms with Crippen LogP contribution < -0.4 is 5.32 Å². The largest absolute Gasteiger partial charge is 0.463 e. The van der Waals surface area contributed by atoms with Gasteiger partial charge in [-0.15, -0.1) is 0 Å². The second-order valence-corrected chi connectivity index (χ2v) is 6.07. The molecule has 0 bridgehead atoms. The van der Waals surface area contributed by atoms with Gasteiger partial charge in [0.05, 0.1) is 13.1 Å². The lowest BCUT2D eigenvalue weighted by molar-refractivity contribution is 0.282. The Balaban J connectivity index is 1.88. The minimum absolute atomic E-state index is 0.460. The molecule has 0 aliphatic carbocycles. The molecule has 2 rings (SSSR count). The van der Waals surface area contributed by atoms with Crippen molar-refractivity contribution < 1.29 is 4.42 Å². The topological polar surface area (TPSA) is 28.4 Å². The molecule has 1 heterocycles. The normalized spacial score (nSPS) is 11.5. The van der Waals surface area contributed by atoms with Crippen LogP contribution in [0.15, 0.2) is 40.8 Å². The van der Waals surface area contributed by atoms with Crippen LogP contribution in [-0.4, -0.2) is 18.0 Å². The minimum atomic E-state index is 0.460. The van der Waals surface area contributed by atoms with E-state index in [0.29, 0.717) is 6.04 Å². The van der Waals surface area contributed by atoms with Gasteiger partial charge in [-0.3, -0.25) is 4.90 Å². The predicted molar refractivity (Wildman–Crippen MR) is 87.3 cm³/mol. The van der Waals surface area contributed by atoms with Crippen LogP contribution in [0, 0.1) is 0 Å². The van der Waals surface area contributed by atoms with Crippen molar-refractivity contribution in [1.29, 1.82) is 0 Å². The molecule has 0 unspecified atom stereocenters. The Kier molecular flexibility index (Phi) is 5.85. The molecule has 21 heavy (non-hydrogen) atoms. The molecule has 2 aromatic rings. The molecule has 4 heteroatoms. The van der Waals surface area contributed by atoms with Crippen molar-refractivity contribution in [2.75, 3.05) is 7.05 Å². The third-order valence-corrected chi connectivity index (χ3v) is 3.59. The molecule has 0 radical (unpaired) electrons. The van der Waals surface area contributed by atoms with Crippen molar-refractivity contribution in [1.82, 2.24) is 10.2 Å². The quantitative estimate of drug-likeness (QED) is 0.836. The maximum atomic E-state index is 6.19. The van der Waals surface area contributed by atoms with E-state index in [1.54, 1.807) is 0 Å². The summed E-state index contributed by atoms with van der Waals surface area (Å²) in [5.74, 6) is 1.95. The van der Waals surface area contributed by atoms with Crippen molar-refractivity contribution in [3.8, 4) is 0 Å². The van der Waals surface area contributed by atoms with Gasteiger partial charge < -0.3 is 9.73 Å². The highest BCUT2D eigenvalue weighted by atomic mass is 35.5. The Hall–Kier alpha value is -1.29. The zero-order chi connectivity index (χ0) is 15.2. The van der Waals surface area contributed by atoms with Gasteiger partial charge in [0.25, 0.3) is 0 Å². The van der Waals surface area contributed by atoms with Crippen molar-refractivity contribution in [3.05, 3.63) is 58.5 Å². The minimum Gasteiger partial charge on any atom is -0.463 e. The van der Waals surface area contributed by atoms with E-state index in [4.69, 9.17) is 16.0 Å². The number of nitrogens with one attached hydrogen (secondary N) is 1. The van der Waals surface area contributed by atoms with Crippen LogP contribution in [0.25, 0.3) is 0 Å². The van der Waals surface area contributed by atoms with Gasteiger partial charge in [0, 0.05) is 17.6 Å². The highest BCUT2D eigenvalue weighted by Crippen LogP contribution is 2.18. The molecule has 0 atom stereocenters. The molecule has 1 N–H and O–H groups in total. The van der Waals surface area contributed by atoms with Gasteiger partial charge >= 0.3 is 0 Å². The van der Waals surface area contributed by atoms with Gasteiger partial charge in [-0.05, 0) is 30.8 Å². The summed E-state index contributed by atoms with van der Waals surface area (Å²) in [6.07, 6.45) is 0. The monoisotopic (exact) mass is 306 g/mol. The molecule has 3 nitrogen and oxygen atoms in total. The molecular weight excluding hydrogens is 284 g/mol. The summed E-state index contributed by atoms with van der Waals surface area (Å²) in [6, 6.07) is 12.5. The first kappa shape index (κ1) is 16.1. The van der Waals surface area contributed by atoms with E-state index in [-0.39, 0.29) is 0 Å². The fourth-order valence-electron chi connectivity index (χ4n) is 2.15. The lowest BCUT2D eigenvalue weighted by Gasteiger charge is -2.16. The van der Waals surface area contributed by atoms with E-state index in [0.717, 1.165) is 41.7 Å². The number of hydrogen-bond acceptors (Lipinski definition) is 3. The third kappa shape index (κ3) is 5.20. The van der Waals surface area contributed by atoms with Gasteiger partial charge in [-0.2, -0.15) is 0 Å².